The van der Waals surface area contributed by atoms with Crippen molar-refractivity contribution in [3.8, 4) is 11.8 Å². The van der Waals surface area contributed by atoms with Crippen molar-refractivity contribution in [1.29, 1.82) is 0 Å². The summed E-state index contributed by atoms with van der Waals surface area (Å²) in [6, 6.07) is 11.0. The second kappa shape index (κ2) is 5.20. The molecule has 0 unspecified atom stereocenters. The lowest BCUT2D eigenvalue weighted by molar-refractivity contribution is 0.00587. The highest BCUT2D eigenvalue weighted by molar-refractivity contribution is 5.79. The van der Waals surface area contributed by atoms with E-state index in [2.05, 4.69) is 21.8 Å². The van der Waals surface area contributed by atoms with E-state index in [4.69, 9.17) is 4.84 Å². The minimum atomic E-state index is -0.419. The minimum absolute atomic E-state index is 0.176. The van der Waals surface area contributed by atoms with Gasteiger partial charge in [0.2, 0.25) is 0 Å². The molecular formula is C19H15N3O2. The van der Waals surface area contributed by atoms with Gasteiger partial charge in [-0.3, -0.25) is 4.79 Å². The summed E-state index contributed by atoms with van der Waals surface area (Å²) in [5, 5.41) is 0.528. The van der Waals surface area contributed by atoms with Gasteiger partial charge < -0.3 is 4.84 Å². The van der Waals surface area contributed by atoms with Crippen LogP contribution in [0.1, 0.15) is 30.9 Å². The van der Waals surface area contributed by atoms with Crippen LogP contribution in [-0.4, -0.2) is 20.3 Å². The van der Waals surface area contributed by atoms with Gasteiger partial charge in [-0.05, 0) is 50.1 Å². The van der Waals surface area contributed by atoms with Crippen LogP contribution in [0.25, 0.3) is 10.9 Å². The molecule has 0 N–H and O–H groups in total. The van der Waals surface area contributed by atoms with Crippen LogP contribution >= 0.6 is 0 Å². The van der Waals surface area contributed by atoms with Crippen molar-refractivity contribution >= 4 is 10.9 Å². The van der Waals surface area contributed by atoms with Crippen molar-refractivity contribution in [2.45, 2.75) is 25.9 Å². The van der Waals surface area contributed by atoms with Crippen molar-refractivity contribution in [2.24, 2.45) is 0 Å². The maximum absolute atomic E-state index is 12.6. The van der Waals surface area contributed by atoms with Crippen LogP contribution in [0.2, 0.25) is 0 Å². The molecule has 1 aliphatic heterocycles. The molecule has 3 aromatic rings. The second-order valence-electron chi connectivity index (χ2n) is 6.35. The van der Waals surface area contributed by atoms with E-state index >= 15 is 0 Å². The van der Waals surface area contributed by atoms with E-state index in [0.29, 0.717) is 28.8 Å². The second-order valence-corrected chi connectivity index (χ2v) is 6.35. The summed E-state index contributed by atoms with van der Waals surface area (Å²) in [5.41, 5.74) is 1.54. The topological polar surface area (TPSA) is 57.0 Å². The van der Waals surface area contributed by atoms with Gasteiger partial charge >= 0.3 is 0 Å². The molecule has 1 aromatic carbocycles. The van der Waals surface area contributed by atoms with E-state index < -0.39 is 5.60 Å². The number of hydrogen-bond acceptors (Lipinski definition) is 4. The molecule has 0 atom stereocenters. The monoisotopic (exact) mass is 317 g/mol. The van der Waals surface area contributed by atoms with E-state index in [1.165, 1.54) is 4.73 Å². The maximum atomic E-state index is 12.6. The van der Waals surface area contributed by atoms with E-state index in [-0.39, 0.29) is 5.56 Å². The van der Waals surface area contributed by atoms with Crippen molar-refractivity contribution in [3.63, 3.8) is 0 Å². The largest absolute Gasteiger partial charge is 0.403 e. The quantitative estimate of drug-likeness (QED) is 0.595. The zero-order chi connectivity index (χ0) is 16.7. The summed E-state index contributed by atoms with van der Waals surface area (Å²) >= 11 is 0. The molecule has 4 rings (SSSR count). The first-order valence-electron chi connectivity index (χ1n) is 7.70. The van der Waals surface area contributed by atoms with Crippen LogP contribution in [0.3, 0.4) is 0 Å². The Morgan fingerprint density at radius 2 is 2.08 bits per heavy atom. The van der Waals surface area contributed by atoms with E-state index in [9.17, 15) is 4.79 Å². The number of nitrogens with zero attached hydrogens (tertiary/aromatic N) is 3. The fourth-order valence-corrected chi connectivity index (χ4v) is 2.73. The zero-order valence-electron chi connectivity index (χ0n) is 13.4. The minimum Gasteiger partial charge on any atom is -0.403 e. The molecule has 5 heteroatoms. The highest BCUT2D eigenvalue weighted by Crippen LogP contribution is 2.21. The van der Waals surface area contributed by atoms with Gasteiger partial charge in [0.25, 0.3) is 5.56 Å². The molecule has 0 bridgehead atoms. The summed E-state index contributed by atoms with van der Waals surface area (Å²) in [7, 11) is 0. The van der Waals surface area contributed by atoms with Crippen molar-refractivity contribution in [3.05, 3.63) is 70.0 Å². The van der Waals surface area contributed by atoms with E-state index in [1.54, 1.807) is 12.3 Å². The number of hydrogen-bond donors (Lipinski definition) is 0. The Hall–Kier alpha value is -3.13. The molecule has 24 heavy (non-hydrogen) atoms. The number of pyridine rings is 1. The zero-order valence-corrected chi connectivity index (χ0v) is 13.4. The molecule has 0 spiro atoms. The summed E-state index contributed by atoms with van der Waals surface area (Å²) in [5.74, 6) is 6.72. The van der Waals surface area contributed by atoms with Crippen LogP contribution in [0.4, 0.5) is 0 Å². The summed E-state index contributed by atoms with van der Waals surface area (Å²) in [4.78, 5) is 27.0. The van der Waals surface area contributed by atoms with Crippen LogP contribution in [0.5, 0.6) is 0 Å². The molecule has 0 fully saturated rings. The molecule has 0 amide bonds. The Morgan fingerprint density at radius 3 is 2.88 bits per heavy atom. The van der Waals surface area contributed by atoms with Gasteiger partial charge in [-0.1, -0.05) is 12.0 Å². The smallest absolute Gasteiger partial charge is 0.294 e. The molecule has 0 saturated heterocycles. The first-order chi connectivity index (χ1) is 11.5. The molecule has 0 saturated carbocycles. The van der Waals surface area contributed by atoms with Gasteiger partial charge in [-0.2, -0.15) is 0 Å². The normalized spacial score (nSPS) is 14.6. The average Bonchev–Trinajstić information content (AvgIpc) is 2.88. The number of fused-ring (bicyclic) bond motifs is 2. The fourth-order valence-electron chi connectivity index (χ4n) is 2.73. The summed E-state index contributed by atoms with van der Waals surface area (Å²) < 4.78 is 1.31. The van der Waals surface area contributed by atoms with Gasteiger partial charge in [-0.25, -0.2) is 9.97 Å². The molecular weight excluding hydrogens is 302 g/mol. The Bertz CT molecular complexity index is 1060. The first kappa shape index (κ1) is 14.5. The third-order valence-electron chi connectivity index (χ3n) is 3.82. The van der Waals surface area contributed by atoms with Gasteiger partial charge in [0.1, 0.15) is 11.3 Å². The lowest BCUT2D eigenvalue weighted by Crippen LogP contribution is -2.33. The lowest BCUT2D eigenvalue weighted by Gasteiger charge is -2.15. The molecule has 3 heterocycles. The molecule has 0 aliphatic carbocycles. The first-order valence-corrected chi connectivity index (χ1v) is 7.70. The maximum Gasteiger partial charge on any atom is 0.294 e. The summed E-state index contributed by atoms with van der Waals surface area (Å²) in [6.07, 6.45) is 2.31. The number of rotatable bonds is 0. The Labute approximate surface area is 138 Å². The Kier molecular flexibility index (Phi) is 3.14. The van der Waals surface area contributed by atoms with E-state index in [1.807, 2.05) is 44.2 Å². The number of benzene rings is 1. The average molecular weight is 317 g/mol. The van der Waals surface area contributed by atoms with Crippen LogP contribution in [-0.2, 0) is 6.42 Å². The molecule has 1 aliphatic rings. The van der Waals surface area contributed by atoms with Crippen molar-refractivity contribution in [1.82, 2.24) is 14.7 Å². The summed E-state index contributed by atoms with van der Waals surface area (Å²) in [6.45, 7) is 3.88. The highest BCUT2D eigenvalue weighted by Gasteiger charge is 2.33. The molecule has 118 valence electrons. The van der Waals surface area contributed by atoms with Crippen molar-refractivity contribution in [2.75, 3.05) is 0 Å². The van der Waals surface area contributed by atoms with E-state index in [0.717, 1.165) is 5.56 Å². The third-order valence-corrected chi connectivity index (χ3v) is 3.82. The van der Waals surface area contributed by atoms with Crippen LogP contribution in [0.15, 0.2) is 47.4 Å². The van der Waals surface area contributed by atoms with Crippen LogP contribution in [0, 0.1) is 11.8 Å². The SMILES string of the molecule is CC1(C)Cc2nc3cc(C#Cc4ccccn4)ccc3c(=O)n2O1. The van der Waals surface area contributed by atoms with Gasteiger partial charge in [0.15, 0.2) is 5.82 Å². The van der Waals surface area contributed by atoms with Gasteiger partial charge in [0.05, 0.1) is 17.3 Å². The Morgan fingerprint density at radius 1 is 1.21 bits per heavy atom. The lowest BCUT2D eigenvalue weighted by atomic mass is 10.1. The van der Waals surface area contributed by atoms with Crippen LogP contribution < -0.4 is 10.4 Å². The predicted octanol–water partition coefficient (Wildman–Crippen LogP) is 1.95. The highest BCUT2D eigenvalue weighted by atomic mass is 16.7. The third kappa shape index (κ3) is 2.52. The fraction of sp³-hybridized carbons (Fsp3) is 0.211. The molecule has 0 radical (unpaired) electrons. The molecule has 2 aromatic heterocycles. The van der Waals surface area contributed by atoms with Crippen molar-refractivity contribution < 1.29 is 4.84 Å². The molecule has 5 nitrogen and oxygen atoms in total. The van der Waals surface area contributed by atoms with Gasteiger partial charge in [-0.15, -0.1) is 4.73 Å². The standard InChI is InChI=1S/C19H15N3O2/c1-19(2)12-17-21-16-11-13(6-8-14-5-3-4-10-20-14)7-9-15(16)18(23)22(17)24-19/h3-5,7,9-11H,12H2,1-2H3. The Balaban J connectivity index is 1.79. The predicted molar refractivity (Wildman–Crippen MR) is 90.6 cm³/mol. The van der Waals surface area contributed by atoms with Gasteiger partial charge in [0, 0.05) is 11.8 Å². The number of aromatic nitrogens is 3.